The zero-order valence-corrected chi connectivity index (χ0v) is 12.0. The largest absolute Gasteiger partial charge is 0.496 e. The molecular formula is C17H18O3. The van der Waals surface area contributed by atoms with Crippen LogP contribution < -0.4 is 9.47 Å². The van der Waals surface area contributed by atoms with Crippen LogP contribution in [-0.2, 0) is 11.2 Å². The number of rotatable bonds is 4. The Kier molecular flexibility index (Phi) is 4.08. The Bertz CT molecular complexity index is 671. The minimum atomic E-state index is -0.452. The second-order valence-electron chi connectivity index (χ2n) is 4.59. The van der Waals surface area contributed by atoms with E-state index >= 15 is 0 Å². The van der Waals surface area contributed by atoms with Gasteiger partial charge in [-0.25, -0.2) is 4.79 Å². The van der Waals surface area contributed by atoms with Crippen molar-refractivity contribution in [2.75, 3.05) is 7.11 Å². The number of carbonyl (C=O) groups excluding carboxylic acids is 1. The minimum absolute atomic E-state index is 0.452. The fourth-order valence-electron chi connectivity index (χ4n) is 2.23. The van der Waals surface area contributed by atoms with Crippen molar-refractivity contribution < 1.29 is 14.3 Å². The summed E-state index contributed by atoms with van der Waals surface area (Å²) >= 11 is 0. The first kappa shape index (κ1) is 14.1. The van der Waals surface area contributed by atoms with Crippen LogP contribution in [0.1, 0.15) is 18.1 Å². The number of fused-ring (bicyclic) bond motifs is 1. The summed E-state index contributed by atoms with van der Waals surface area (Å²) in [6.07, 6.45) is 1.92. The maximum absolute atomic E-state index is 11.5. The Hall–Kier alpha value is -2.29. The SMILES string of the molecule is C=CC(=O)Oc1c(CC)cc(OC)c2cc(C)ccc12. The molecule has 0 spiro atoms. The maximum atomic E-state index is 11.5. The lowest BCUT2D eigenvalue weighted by atomic mass is 10.0. The molecule has 0 radical (unpaired) electrons. The lowest BCUT2D eigenvalue weighted by Crippen LogP contribution is -2.06. The molecule has 0 aliphatic rings. The number of esters is 1. The summed E-state index contributed by atoms with van der Waals surface area (Å²) in [7, 11) is 1.64. The molecule has 20 heavy (non-hydrogen) atoms. The minimum Gasteiger partial charge on any atom is -0.496 e. The van der Waals surface area contributed by atoms with Gasteiger partial charge < -0.3 is 9.47 Å². The van der Waals surface area contributed by atoms with Crippen molar-refractivity contribution in [1.29, 1.82) is 0 Å². The van der Waals surface area contributed by atoms with E-state index in [1.807, 2.05) is 38.1 Å². The number of aryl methyl sites for hydroxylation is 2. The van der Waals surface area contributed by atoms with E-state index in [4.69, 9.17) is 9.47 Å². The van der Waals surface area contributed by atoms with E-state index < -0.39 is 5.97 Å². The number of benzene rings is 2. The normalized spacial score (nSPS) is 10.3. The van der Waals surface area contributed by atoms with E-state index in [1.165, 1.54) is 6.08 Å². The number of ether oxygens (including phenoxy) is 2. The Morgan fingerprint density at radius 2 is 2.05 bits per heavy atom. The van der Waals surface area contributed by atoms with E-state index in [0.29, 0.717) is 5.75 Å². The van der Waals surface area contributed by atoms with Crippen molar-refractivity contribution in [3.05, 3.63) is 48.0 Å². The number of hydrogen-bond donors (Lipinski definition) is 0. The van der Waals surface area contributed by atoms with Crippen molar-refractivity contribution in [3.8, 4) is 11.5 Å². The fourth-order valence-corrected chi connectivity index (χ4v) is 2.23. The van der Waals surface area contributed by atoms with Gasteiger partial charge in [-0.2, -0.15) is 0 Å². The van der Waals surface area contributed by atoms with Crippen molar-refractivity contribution >= 4 is 16.7 Å². The molecule has 0 saturated heterocycles. The summed E-state index contributed by atoms with van der Waals surface area (Å²) in [6, 6.07) is 7.90. The standard InChI is InChI=1S/C17H18O3/c1-5-12-10-15(19-4)14-9-11(3)7-8-13(14)17(12)20-16(18)6-2/h6-10H,2,5H2,1,3-4H3. The van der Waals surface area contributed by atoms with Crippen LogP contribution in [0.3, 0.4) is 0 Å². The zero-order valence-electron chi connectivity index (χ0n) is 12.0. The first-order valence-corrected chi connectivity index (χ1v) is 6.55. The van der Waals surface area contributed by atoms with Crippen LogP contribution in [0.5, 0.6) is 11.5 Å². The summed E-state index contributed by atoms with van der Waals surface area (Å²) in [5.41, 5.74) is 2.06. The number of carbonyl (C=O) groups is 1. The van der Waals surface area contributed by atoms with Crippen molar-refractivity contribution in [1.82, 2.24) is 0 Å². The van der Waals surface area contributed by atoms with E-state index in [2.05, 4.69) is 6.58 Å². The molecule has 0 aromatic heterocycles. The van der Waals surface area contributed by atoms with Crippen LogP contribution in [0.4, 0.5) is 0 Å². The first-order valence-electron chi connectivity index (χ1n) is 6.55. The van der Waals surface area contributed by atoms with Crippen LogP contribution in [0.15, 0.2) is 36.9 Å². The molecule has 0 amide bonds. The molecule has 0 saturated carbocycles. The Labute approximate surface area is 118 Å². The Morgan fingerprint density at radius 1 is 1.30 bits per heavy atom. The highest BCUT2D eigenvalue weighted by molar-refractivity contribution is 5.97. The van der Waals surface area contributed by atoms with Crippen LogP contribution in [-0.4, -0.2) is 13.1 Å². The van der Waals surface area contributed by atoms with Gasteiger partial charge in [-0.1, -0.05) is 31.2 Å². The molecule has 0 atom stereocenters. The third kappa shape index (κ3) is 2.52. The quantitative estimate of drug-likeness (QED) is 0.481. The first-order chi connectivity index (χ1) is 9.60. The van der Waals surface area contributed by atoms with E-state index in [0.717, 1.165) is 34.1 Å². The molecular weight excluding hydrogens is 252 g/mol. The van der Waals surface area contributed by atoms with Crippen molar-refractivity contribution in [3.63, 3.8) is 0 Å². The van der Waals surface area contributed by atoms with Crippen LogP contribution in [0.25, 0.3) is 10.8 Å². The van der Waals surface area contributed by atoms with Gasteiger partial charge in [0.15, 0.2) is 0 Å². The van der Waals surface area contributed by atoms with Crippen LogP contribution >= 0.6 is 0 Å². The van der Waals surface area contributed by atoms with Gasteiger partial charge in [0.05, 0.1) is 7.11 Å². The highest BCUT2D eigenvalue weighted by Crippen LogP contribution is 2.37. The van der Waals surface area contributed by atoms with Crippen molar-refractivity contribution in [2.45, 2.75) is 20.3 Å². The average molecular weight is 270 g/mol. The fraction of sp³-hybridized carbons (Fsp3) is 0.235. The highest BCUT2D eigenvalue weighted by Gasteiger charge is 2.15. The van der Waals surface area contributed by atoms with Gasteiger partial charge >= 0.3 is 5.97 Å². The van der Waals surface area contributed by atoms with Crippen LogP contribution in [0.2, 0.25) is 0 Å². The predicted molar refractivity (Wildman–Crippen MR) is 80.4 cm³/mol. The van der Waals surface area contributed by atoms with Gasteiger partial charge in [-0.15, -0.1) is 0 Å². The van der Waals surface area contributed by atoms with Gasteiger partial charge in [0, 0.05) is 16.8 Å². The monoisotopic (exact) mass is 270 g/mol. The molecule has 0 N–H and O–H groups in total. The zero-order chi connectivity index (χ0) is 14.7. The highest BCUT2D eigenvalue weighted by atomic mass is 16.5. The third-order valence-electron chi connectivity index (χ3n) is 3.25. The molecule has 104 valence electrons. The topological polar surface area (TPSA) is 35.5 Å². The van der Waals surface area contributed by atoms with Gasteiger partial charge in [-0.05, 0) is 31.0 Å². The van der Waals surface area contributed by atoms with E-state index in [1.54, 1.807) is 7.11 Å². The molecule has 0 fully saturated rings. The molecule has 0 aliphatic carbocycles. The molecule has 2 aromatic carbocycles. The summed E-state index contributed by atoms with van der Waals surface area (Å²) in [6.45, 7) is 7.47. The van der Waals surface area contributed by atoms with Crippen molar-refractivity contribution in [2.24, 2.45) is 0 Å². The molecule has 0 aliphatic heterocycles. The number of hydrogen-bond acceptors (Lipinski definition) is 3. The smallest absolute Gasteiger partial charge is 0.335 e. The van der Waals surface area contributed by atoms with E-state index in [9.17, 15) is 4.79 Å². The molecule has 0 heterocycles. The summed E-state index contributed by atoms with van der Waals surface area (Å²) in [5.74, 6) is 0.930. The van der Waals surface area contributed by atoms with Crippen LogP contribution in [0, 0.1) is 6.92 Å². The lowest BCUT2D eigenvalue weighted by Gasteiger charge is -2.15. The second-order valence-corrected chi connectivity index (χ2v) is 4.59. The lowest BCUT2D eigenvalue weighted by molar-refractivity contribution is -0.128. The molecule has 3 heteroatoms. The molecule has 0 bridgehead atoms. The molecule has 3 nitrogen and oxygen atoms in total. The molecule has 2 rings (SSSR count). The predicted octanol–water partition coefficient (Wildman–Crippen LogP) is 3.81. The summed E-state index contributed by atoms with van der Waals surface area (Å²) in [5, 5.41) is 1.82. The summed E-state index contributed by atoms with van der Waals surface area (Å²) in [4.78, 5) is 11.5. The molecule has 2 aromatic rings. The molecule has 0 unspecified atom stereocenters. The van der Waals surface area contributed by atoms with Gasteiger partial charge in [0.2, 0.25) is 0 Å². The second kappa shape index (κ2) is 5.78. The summed E-state index contributed by atoms with van der Waals surface area (Å²) < 4.78 is 10.9. The Balaban J connectivity index is 2.76. The van der Waals surface area contributed by atoms with Gasteiger partial charge in [-0.3, -0.25) is 0 Å². The van der Waals surface area contributed by atoms with Gasteiger partial charge in [0.1, 0.15) is 11.5 Å². The number of methoxy groups -OCH3 is 1. The van der Waals surface area contributed by atoms with E-state index in [-0.39, 0.29) is 0 Å². The Morgan fingerprint density at radius 3 is 2.65 bits per heavy atom. The average Bonchev–Trinajstić information content (AvgIpc) is 2.47. The van der Waals surface area contributed by atoms with Gasteiger partial charge in [0.25, 0.3) is 0 Å². The third-order valence-corrected chi connectivity index (χ3v) is 3.25. The maximum Gasteiger partial charge on any atom is 0.335 e.